The molecule has 7 nitrogen and oxygen atoms in total. The molecule has 3 heterocycles. The summed E-state index contributed by atoms with van der Waals surface area (Å²) in [6.45, 7) is 4.58. The summed E-state index contributed by atoms with van der Waals surface area (Å²) >= 11 is 6.16. The lowest BCUT2D eigenvalue weighted by Gasteiger charge is -2.35. The number of hydrogen-bond donors (Lipinski definition) is 0. The molecule has 1 saturated heterocycles. The Morgan fingerprint density at radius 2 is 1.78 bits per heavy atom. The Labute approximate surface area is 162 Å². The highest BCUT2D eigenvalue weighted by Gasteiger charge is 2.24. The third kappa shape index (κ3) is 3.50. The standard InChI is InChI=1S/C19H19ClN6O/c1-14-21-6-7-26(14)18-12-17(22-13-23-18)24-8-10-25(11-9-24)19(27)15-4-2-3-5-16(15)20/h2-7,12-13H,8-11H2,1H3. The number of rotatable bonds is 3. The van der Waals surface area contributed by atoms with E-state index in [1.807, 2.05) is 40.8 Å². The van der Waals surface area contributed by atoms with Gasteiger partial charge in [0, 0.05) is 44.6 Å². The van der Waals surface area contributed by atoms with Gasteiger partial charge in [-0.3, -0.25) is 9.36 Å². The van der Waals surface area contributed by atoms with Crippen LogP contribution in [0.15, 0.2) is 49.1 Å². The van der Waals surface area contributed by atoms with Gasteiger partial charge in [0.25, 0.3) is 5.91 Å². The molecule has 3 aromatic rings. The van der Waals surface area contributed by atoms with E-state index in [0.717, 1.165) is 17.5 Å². The number of halogens is 1. The van der Waals surface area contributed by atoms with Gasteiger partial charge in [-0.1, -0.05) is 23.7 Å². The molecule has 4 rings (SSSR count). The fraction of sp³-hybridized carbons (Fsp3) is 0.263. The Balaban J connectivity index is 1.46. The van der Waals surface area contributed by atoms with Gasteiger partial charge in [0.15, 0.2) is 0 Å². The monoisotopic (exact) mass is 382 g/mol. The molecule has 0 atom stereocenters. The summed E-state index contributed by atoms with van der Waals surface area (Å²) in [6, 6.07) is 9.11. The normalized spacial score (nSPS) is 14.4. The maximum Gasteiger partial charge on any atom is 0.255 e. The Kier molecular flexibility index (Phi) is 4.77. The Hall–Kier alpha value is -2.93. The van der Waals surface area contributed by atoms with Crippen molar-refractivity contribution in [3.63, 3.8) is 0 Å². The quantitative estimate of drug-likeness (QED) is 0.696. The number of piperazine rings is 1. The van der Waals surface area contributed by atoms with E-state index < -0.39 is 0 Å². The fourth-order valence-electron chi connectivity index (χ4n) is 3.21. The predicted octanol–water partition coefficient (Wildman–Crippen LogP) is 2.59. The summed E-state index contributed by atoms with van der Waals surface area (Å²) in [7, 11) is 0. The van der Waals surface area contributed by atoms with Gasteiger partial charge in [-0.15, -0.1) is 0 Å². The maximum atomic E-state index is 12.7. The van der Waals surface area contributed by atoms with Gasteiger partial charge < -0.3 is 9.80 Å². The molecule has 1 aromatic carbocycles. The van der Waals surface area contributed by atoms with Crippen LogP contribution in [0.3, 0.4) is 0 Å². The highest BCUT2D eigenvalue weighted by atomic mass is 35.5. The van der Waals surface area contributed by atoms with Crippen molar-refractivity contribution in [1.29, 1.82) is 0 Å². The smallest absolute Gasteiger partial charge is 0.255 e. The van der Waals surface area contributed by atoms with Gasteiger partial charge >= 0.3 is 0 Å². The summed E-state index contributed by atoms with van der Waals surface area (Å²) in [5.74, 6) is 2.47. The number of imidazole rings is 1. The molecule has 1 aliphatic heterocycles. The molecule has 1 amide bonds. The van der Waals surface area contributed by atoms with Crippen LogP contribution in [0, 0.1) is 6.92 Å². The third-order valence-corrected chi connectivity index (χ3v) is 5.04. The Morgan fingerprint density at radius 1 is 1.04 bits per heavy atom. The lowest BCUT2D eigenvalue weighted by molar-refractivity contribution is 0.0746. The fourth-order valence-corrected chi connectivity index (χ4v) is 3.42. The summed E-state index contributed by atoms with van der Waals surface area (Å²) < 4.78 is 1.92. The lowest BCUT2D eigenvalue weighted by atomic mass is 10.2. The molecule has 0 unspecified atom stereocenters. The van der Waals surface area contributed by atoms with E-state index in [1.165, 1.54) is 0 Å². The van der Waals surface area contributed by atoms with E-state index in [2.05, 4.69) is 19.9 Å². The van der Waals surface area contributed by atoms with Crippen molar-refractivity contribution in [2.45, 2.75) is 6.92 Å². The minimum Gasteiger partial charge on any atom is -0.353 e. The zero-order valence-corrected chi connectivity index (χ0v) is 15.7. The molecule has 27 heavy (non-hydrogen) atoms. The molecular formula is C19H19ClN6O. The molecule has 2 aromatic heterocycles. The van der Waals surface area contributed by atoms with Gasteiger partial charge in [-0.25, -0.2) is 15.0 Å². The number of nitrogens with zero attached hydrogens (tertiary/aromatic N) is 6. The Morgan fingerprint density at radius 3 is 2.48 bits per heavy atom. The second kappa shape index (κ2) is 7.36. The first-order chi connectivity index (χ1) is 13.1. The van der Waals surface area contributed by atoms with Crippen LogP contribution in [0.5, 0.6) is 0 Å². The van der Waals surface area contributed by atoms with Gasteiger partial charge in [-0.05, 0) is 19.1 Å². The van der Waals surface area contributed by atoms with Crippen molar-refractivity contribution in [2.24, 2.45) is 0 Å². The van der Waals surface area contributed by atoms with Crippen molar-refractivity contribution in [3.8, 4) is 5.82 Å². The van der Waals surface area contributed by atoms with Crippen LogP contribution in [0.2, 0.25) is 5.02 Å². The van der Waals surface area contributed by atoms with Crippen LogP contribution < -0.4 is 4.90 Å². The van der Waals surface area contributed by atoms with E-state index >= 15 is 0 Å². The average molecular weight is 383 g/mol. The number of amides is 1. The first-order valence-electron chi connectivity index (χ1n) is 8.74. The number of carbonyl (C=O) groups is 1. The van der Waals surface area contributed by atoms with Crippen LogP contribution >= 0.6 is 11.6 Å². The minimum atomic E-state index is -0.0299. The van der Waals surface area contributed by atoms with Gasteiger partial charge in [0.1, 0.15) is 23.8 Å². The number of hydrogen-bond acceptors (Lipinski definition) is 5. The second-order valence-corrected chi connectivity index (χ2v) is 6.75. The molecule has 1 fully saturated rings. The molecule has 0 N–H and O–H groups in total. The summed E-state index contributed by atoms with van der Waals surface area (Å²) in [5, 5.41) is 0.487. The second-order valence-electron chi connectivity index (χ2n) is 6.34. The SMILES string of the molecule is Cc1nccn1-c1cc(N2CCN(C(=O)c3ccccc3Cl)CC2)ncn1. The molecule has 1 aliphatic rings. The average Bonchev–Trinajstić information content (AvgIpc) is 3.14. The zero-order chi connectivity index (χ0) is 18.8. The molecule has 0 aliphatic carbocycles. The molecule has 138 valence electrons. The number of aromatic nitrogens is 4. The number of carbonyl (C=O) groups excluding carboxylic acids is 1. The van der Waals surface area contributed by atoms with Crippen LogP contribution in [-0.4, -0.2) is 56.5 Å². The number of benzene rings is 1. The van der Waals surface area contributed by atoms with E-state index in [0.29, 0.717) is 36.8 Å². The van der Waals surface area contributed by atoms with Crippen molar-refractivity contribution < 1.29 is 4.79 Å². The summed E-state index contributed by atoms with van der Waals surface area (Å²) in [4.78, 5) is 29.7. The molecule has 0 bridgehead atoms. The molecule has 8 heteroatoms. The molecule has 0 saturated carbocycles. The van der Waals surface area contributed by atoms with Crippen LogP contribution in [0.25, 0.3) is 5.82 Å². The van der Waals surface area contributed by atoms with E-state index in [4.69, 9.17) is 11.6 Å². The maximum absolute atomic E-state index is 12.7. The summed E-state index contributed by atoms with van der Waals surface area (Å²) in [5.41, 5.74) is 0.549. The minimum absolute atomic E-state index is 0.0299. The predicted molar refractivity (Wildman–Crippen MR) is 103 cm³/mol. The first-order valence-corrected chi connectivity index (χ1v) is 9.12. The van der Waals surface area contributed by atoms with E-state index in [9.17, 15) is 4.79 Å². The molecule has 0 spiro atoms. The molecular weight excluding hydrogens is 364 g/mol. The zero-order valence-electron chi connectivity index (χ0n) is 14.9. The molecule has 0 radical (unpaired) electrons. The van der Waals surface area contributed by atoms with Crippen molar-refractivity contribution in [1.82, 2.24) is 24.4 Å². The van der Waals surface area contributed by atoms with Crippen molar-refractivity contribution in [3.05, 3.63) is 65.5 Å². The first kappa shape index (κ1) is 17.5. The van der Waals surface area contributed by atoms with Gasteiger partial charge in [0.2, 0.25) is 0 Å². The summed E-state index contributed by atoms with van der Waals surface area (Å²) in [6.07, 6.45) is 5.18. The van der Waals surface area contributed by atoms with E-state index in [-0.39, 0.29) is 5.91 Å². The lowest BCUT2D eigenvalue weighted by Crippen LogP contribution is -2.49. The largest absolute Gasteiger partial charge is 0.353 e. The van der Waals surface area contributed by atoms with Gasteiger partial charge in [-0.2, -0.15) is 0 Å². The highest BCUT2D eigenvalue weighted by molar-refractivity contribution is 6.33. The third-order valence-electron chi connectivity index (χ3n) is 4.71. The van der Waals surface area contributed by atoms with Crippen LogP contribution in [0.4, 0.5) is 5.82 Å². The number of aryl methyl sites for hydroxylation is 1. The van der Waals surface area contributed by atoms with Crippen LogP contribution in [0.1, 0.15) is 16.2 Å². The topological polar surface area (TPSA) is 67.2 Å². The van der Waals surface area contributed by atoms with Crippen molar-refractivity contribution >= 4 is 23.3 Å². The highest BCUT2D eigenvalue weighted by Crippen LogP contribution is 2.20. The van der Waals surface area contributed by atoms with Crippen molar-refractivity contribution in [2.75, 3.05) is 31.1 Å². The van der Waals surface area contributed by atoms with Crippen LogP contribution in [-0.2, 0) is 0 Å². The number of anilines is 1. The van der Waals surface area contributed by atoms with E-state index in [1.54, 1.807) is 24.7 Å². The van der Waals surface area contributed by atoms with Gasteiger partial charge in [0.05, 0.1) is 10.6 Å². The Bertz CT molecular complexity index is 964.